The first kappa shape index (κ1) is 20.8. The van der Waals surface area contributed by atoms with Gasteiger partial charge in [-0.05, 0) is 36.4 Å². The molecule has 0 atom stereocenters. The molecule has 3 rings (SSSR count). The second-order valence-electron chi connectivity index (χ2n) is 6.16. The summed E-state index contributed by atoms with van der Waals surface area (Å²) in [6, 6.07) is 4.66. The minimum absolute atomic E-state index is 0.0708. The van der Waals surface area contributed by atoms with Crippen molar-refractivity contribution < 1.29 is 18.0 Å². The van der Waals surface area contributed by atoms with Gasteiger partial charge in [-0.1, -0.05) is 18.2 Å². The number of carbonyl (C=O) groups is 2. The van der Waals surface area contributed by atoms with E-state index in [1.807, 2.05) is 0 Å². The number of amides is 2. The number of nitrogens with two attached hydrogens (primary N) is 1. The zero-order valence-corrected chi connectivity index (χ0v) is 17.4. The van der Waals surface area contributed by atoms with Crippen molar-refractivity contribution >= 4 is 49.9 Å². The Balaban J connectivity index is 1.57. The molecule has 2 amide bonds. The molecule has 1 fully saturated rings. The number of rotatable bonds is 7. The lowest BCUT2D eigenvalue weighted by molar-refractivity contribution is -0.113. The van der Waals surface area contributed by atoms with E-state index in [4.69, 9.17) is 5.73 Å². The number of primary amides is 1. The van der Waals surface area contributed by atoms with Crippen molar-refractivity contribution in [3.63, 3.8) is 0 Å². The van der Waals surface area contributed by atoms with Crippen molar-refractivity contribution in [1.82, 2.24) is 9.29 Å². The van der Waals surface area contributed by atoms with Crippen LogP contribution in [0.15, 0.2) is 39.7 Å². The zero-order chi connectivity index (χ0) is 20.1. The van der Waals surface area contributed by atoms with E-state index in [1.165, 1.54) is 39.7 Å². The number of hydrogen-bond acceptors (Lipinski definition) is 7. The maximum atomic E-state index is 12.6. The Labute approximate surface area is 171 Å². The van der Waals surface area contributed by atoms with Crippen LogP contribution in [0.3, 0.4) is 0 Å². The van der Waals surface area contributed by atoms with Gasteiger partial charge < -0.3 is 11.1 Å². The summed E-state index contributed by atoms with van der Waals surface area (Å²) in [4.78, 5) is 27.7. The lowest BCUT2D eigenvalue weighted by Gasteiger charge is -2.25. The van der Waals surface area contributed by atoms with E-state index in [0.29, 0.717) is 23.1 Å². The number of nitrogens with one attached hydrogen (secondary N) is 1. The normalized spacial score (nSPS) is 15.3. The van der Waals surface area contributed by atoms with Crippen LogP contribution in [0.25, 0.3) is 0 Å². The van der Waals surface area contributed by atoms with Crippen LogP contribution >= 0.6 is 23.1 Å². The van der Waals surface area contributed by atoms with Gasteiger partial charge in [-0.3, -0.25) is 9.59 Å². The van der Waals surface area contributed by atoms with E-state index < -0.39 is 15.9 Å². The number of aromatic nitrogens is 1. The summed E-state index contributed by atoms with van der Waals surface area (Å²) in [5.41, 5.74) is 5.52. The van der Waals surface area contributed by atoms with Crippen LogP contribution < -0.4 is 11.1 Å². The van der Waals surface area contributed by atoms with Crippen LogP contribution in [0.5, 0.6) is 0 Å². The number of hydrogen-bond donors (Lipinski definition) is 2. The number of sulfonamides is 1. The van der Waals surface area contributed by atoms with Crippen molar-refractivity contribution in [3.05, 3.63) is 35.3 Å². The van der Waals surface area contributed by atoms with Crippen molar-refractivity contribution in [2.24, 2.45) is 5.73 Å². The van der Waals surface area contributed by atoms with Crippen LogP contribution in [0.2, 0.25) is 0 Å². The third kappa shape index (κ3) is 4.90. The fourth-order valence-electron chi connectivity index (χ4n) is 2.76. The number of nitrogens with zero attached hydrogens (tertiary/aromatic N) is 2. The standard InChI is InChI=1S/C17H20N4O4S3/c18-16(23)13-6-9-26-17(13)20-14(22)11-27-15-5-4-12(10-19-15)28(24,25)21-7-2-1-3-8-21/h4-6,9-10H,1-3,7-8,11H2,(H2,18,23)(H,20,22). The molecular weight excluding hydrogens is 420 g/mol. The van der Waals surface area contributed by atoms with Crippen molar-refractivity contribution in [1.29, 1.82) is 0 Å². The quantitative estimate of drug-likeness (QED) is 0.636. The molecule has 0 bridgehead atoms. The lowest BCUT2D eigenvalue weighted by atomic mass is 10.2. The number of piperidine rings is 1. The van der Waals surface area contributed by atoms with Gasteiger partial charge in [-0.25, -0.2) is 13.4 Å². The first-order chi connectivity index (χ1) is 13.4. The van der Waals surface area contributed by atoms with Gasteiger partial charge in [0.2, 0.25) is 15.9 Å². The number of pyridine rings is 1. The molecule has 0 radical (unpaired) electrons. The zero-order valence-electron chi connectivity index (χ0n) is 15.0. The average molecular weight is 441 g/mol. The predicted molar refractivity (Wildman–Crippen MR) is 109 cm³/mol. The molecule has 3 heterocycles. The summed E-state index contributed by atoms with van der Waals surface area (Å²) in [6.07, 6.45) is 4.12. The first-order valence-corrected chi connectivity index (χ1v) is 11.9. The molecule has 2 aromatic rings. The fourth-order valence-corrected chi connectivity index (χ4v) is 5.68. The topological polar surface area (TPSA) is 122 Å². The molecule has 0 aliphatic carbocycles. The van der Waals surface area contributed by atoms with Gasteiger partial charge >= 0.3 is 0 Å². The summed E-state index contributed by atoms with van der Waals surface area (Å²) in [6.45, 7) is 1.07. The number of thiophene rings is 1. The number of anilines is 1. The Hall–Kier alpha value is -1.95. The van der Waals surface area contributed by atoms with Gasteiger partial charge in [-0.2, -0.15) is 4.31 Å². The van der Waals surface area contributed by atoms with Crippen molar-refractivity contribution in [3.8, 4) is 0 Å². The summed E-state index contributed by atoms with van der Waals surface area (Å²) < 4.78 is 26.7. The first-order valence-electron chi connectivity index (χ1n) is 8.64. The molecule has 0 unspecified atom stereocenters. The molecule has 1 aliphatic rings. The molecule has 0 spiro atoms. The average Bonchev–Trinajstić information content (AvgIpc) is 3.16. The van der Waals surface area contributed by atoms with Gasteiger partial charge in [0.05, 0.1) is 16.3 Å². The maximum Gasteiger partial charge on any atom is 0.251 e. The van der Waals surface area contributed by atoms with Crippen LogP contribution in [-0.4, -0.2) is 48.4 Å². The van der Waals surface area contributed by atoms with E-state index in [9.17, 15) is 18.0 Å². The second-order valence-corrected chi connectivity index (χ2v) is 10.0. The summed E-state index contributed by atoms with van der Waals surface area (Å²) in [7, 11) is -3.52. The molecule has 2 aromatic heterocycles. The highest BCUT2D eigenvalue weighted by atomic mass is 32.2. The van der Waals surface area contributed by atoms with Crippen LogP contribution in [0.4, 0.5) is 5.00 Å². The van der Waals surface area contributed by atoms with Gasteiger partial charge in [-0.15, -0.1) is 11.3 Å². The highest BCUT2D eigenvalue weighted by Gasteiger charge is 2.26. The highest BCUT2D eigenvalue weighted by molar-refractivity contribution is 7.99. The monoisotopic (exact) mass is 440 g/mol. The molecule has 1 saturated heterocycles. The minimum Gasteiger partial charge on any atom is -0.366 e. The van der Waals surface area contributed by atoms with Crippen LogP contribution in [0, 0.1) is 0 Å². The Morgan fingerprint density at radius 2 is 1.96 bits per heavy atom. The lowest BCUT2D eigenvalue weighted by Crippen LogP contribution is -2.35. The van der Waals surface area contributed by atoms with Gasteiger partial charge in [0.15, 0.2) is 0 Å². The third-order valence-corrected chi connectivity index (χ3v) is 7.85. The van der Waals surface area contributed by atoms with Gasteiger partial charge in [0.25, 0.3) is 5.91 Å². The maximum absolute atomic E-state index is 12.6. The molecular formula is C17H20N4O4S3. The Kier molecular flexibility index (Phi) is 6.70. The smallest absolute Gasteiger partial charge is 0.251 e. The van der Waals surface area contributed by atoms with E-state index in [0.717, 1.165) is 19.3 Å². The molecule has 1 aliphatic heterocycles. The molecule has 3 N–H and O–H groups in total. The van der Waals surface area contributed by atoms with Crippen LogP contribution in [-0.2, 0) is 14.8 Å². The summed E-state index contributed by atoms with van der Waals surface area (Å²) in [5, 5.41) is 5.27. The van der Waals surface area contributed by atoms with E-state index >= 15 is 0 Å². The summed E-state index contributed by atoms with van der Waals surface area (Å²) in [5.74, 6) is -0.834. The molecule has 0 saturated carbocycles. The fraction of sp³-hybridized carbons (Fsp3) is 0.353. The van der Waals surface area contributed by atoms with Gasteiger partial charge in [0, 0.05) is 19.3 Å². The predicted octanol–water partition coefficient (Wildman–Crippen LogP) is 2.15. The Morgan fingerprint density at radius 3 is 2.61 bits per heavy atom. The van der Waals surface area contributed by atoms with E-state index in [-0.39, 0.29) is 22.1 Å². The van der Waals surface area contributed by atoms with E-state index in [2.05, 4.69) is 10.3 Å². The van der Waals surface area contributed by atoms with Crippen molar-refractivity contribution in [2.45, 2.75) is 29.2 Å². The van der Waals surface area contributed by atoms with E-state index in [1.54, 1.807) is 17.5 Å². The molecule has 28 heavy (non-hydrogen) atoms. The van der Waals surface area contributed by atoms with Gasteiger partial charge in [0.1, 0.15) is 9.90 Å². The second kappa shape index (κ2) is 9.03. The summed E-state index contributed by atoms with van der Waals surface area (Å²) >= 11 is 2.39. The molecule has 0 aromatic carbocycles. The molecule has 8 nitrogen and oxygen atoms in total. The molecule has 11 heteroatoms. The number of thioether (sulfide) groups is 1. The minimum atomic E-state index is -3.52. The van der Waals surface area contributed by atoms with Crippen LogP contribution in [0.1, 0.15) is 29.6 Å². The SMILES string of the molecule is NC(=O)c1ccsc1NC(=O)CSc1ccc(S(=O)(=O)N2CCCCC2)cn1. The Morgan fingerprint density at radius 1 is 1.21 bits per heavy atom. The Bertz CT molecular complexity index is 951. The molecule has 150 valence electrons. The number of carbonyl (C=O) groups excluding carboxylic acids is 2. The highest BCUT2D eigenvalue weighted by Crippen LogP contribution is 2.25. The third-order valence-electron chi connectivity index (χ3n) is 4.20. The largest absolute Gasteiger partial charge is 0.366 e. The van der Waals surface area contributed by atoms with Crippen molar-refractivity contribution in [2.75, 3.05) is 24.2 Å².